The van der Waals surface area contributed by atoms with Crippen molar-refractivity contribution in [3.63, 3.8) is 0 Å². The van der Waals surface area contributed by atoms with Crippen molar-refractivity contribution in [3.8, 4) is 0 Å². The van der Waals surface area contributed by atoms with Gasteiger partial charge in [-0.1, -0.05) is 23.2 Å². The molecule has 0 spiro atoms. The van der Waals surface area contributed by atoms with Gasteiger partial charge in [-0.3, -0.25) is 9.78 Å². The monoisotopic (exact) mass is 407 g/mol. The van der Waals surface area contributed by atoms with Crippen LogP contribution >= 0.6 is 23.2 Å². The van der Waals surface area contributed by atoms with Crippen molar-refractivity contribution >= 4 is 46.5 Å². The Morgan fingerprint density at radius 2 is 1.70 bits per heavy atom. The van der Waals surface area contributed by atoms with E-state index in [1.807, 2.05) is 12.1 Å². The summed E-state index contributed by atoms with van der Waals surface area (Å²) in [6, 6.07) is 8.61. The number of nitrogens with zero attached hydrogens (tertiary/aromatic N) is 3. The highest BCUT2D eigenvalue weighted by Gasteiger charge is 2.22. The van der Waals surface area contributed by atoms with E-state index < -0.39 is 0 Å². The lowest BCUT2D eigenvalue weighted by Gasteiger charge is -2.36. The van der Waals surface area contributed by atoms with Crippen LogP contribution in [-0.4, -0.2) is 54.5 Å². The summed E-state index contributed by atoms with van der Waals surface area (Å²) < 4.78 is 0. The van der Waals surface area contributed by atoms with E-state index in [0.29, 0.717) is 41.9 Å². The van der Waals surface area contributed by atoms with Gasteiger partial charge >= 0.3 is 6.03 Å². The molecule has 3 rings (SSSR count). The molecule has 0 radical (unpaired) electrons. The Bertz CT molecular complexity index is 811. The van der Waals surface area contributed by atoms with E-state index in [9.17, 15) is 9.59 Å². The summed E-state index contributed by atoms with van der Waals surface area (Å²) in [5.74, 6) is -0.288. The van der Waals surface area contributed by atoms with Crippen LogP contribution in [0.1, 0.15) is 0 Å². The Kier molecular flexibility index (Phi) is 6.36. The van der Waals surface area contributed by atoms with Gasteiger partial charge in [-0.2, -0.15) is 0 Å². The number of amides is 3. The molecule has 0 aliphatic carbocycles. The number of anilines is 2. The third-order valence-electron chi connectivity index (χ3n) is 4.20. The highest BCUT2D eigenvalue weighted by atomic mass is 35.5. The molecule has 3 amide bonds. The van der Waals surface area contributed by atoms with Gasteiger partial charge in [0.15, 0.2) is 0 Å². The number of halogens is 2. The smallest absolute Gasteiger partial charge is 0.317 e. The molecule has 7 nitrogen and oxygen atoms in total. The minimum Gasteiger partial charge on any atom is -0.368 e. The fourth-order valence-electron chi connectivity index (χ4n) is 2.76. The molecule has 0 unspecified atom stereocenters. The number of pyridine rings is 1. The summed E-state index contributed by atoms with van der Waals surface area (Å²) in [4.78, 5) is 31.9. The van der Waals surface area contributed by atoms with E-state index in [2.05, 4.69) is 20.5 Å². The molecule has 2 heterocycles. The molecule has 0 saturated carbocycles. The van der Waals surface area contributed by atoms with Crippen molar-refractivity contribution in [1.29, 1.82) is 0 Å². The van der Waals surface area contributed by atoms with Gasteiger partial charge in [-0.25, -0.2) is 4.79 Å². The highest BCUT2D eigenvalue weighted by molar-refractivity contribution is 6.42. The third-order valence-corrected chi connectivity index (χ3v) is 4.94. The van der Waals surface area contributed by atoms with Crippen molar-refractivity contribution in [2.75, 3.05) is 42.9 Å². The number of urea groups is 1. The first-order chi connectivity index (χ1) is 13.0. The molecule has 27 heavy (non-hydrogen) atoms. The quantitative estimate of drug-likeness (QED) is 0.816. The van der Waals surface area contributed by atoms with Crippen LogP contribution in [0.3, 0.4) is 0 Å². The van der Waals surface area contributed by atoms with E-state index in [1.54, 1.807) is 35.5 Å². The molecule has 2 aromatic rings. The number of nitrogens with one attached hydrogen (secondary N) is 2. The molecule has 9 heteroatoms. The Hall–Kier alpha value is -2.51. The standard InChI is InChI=1S/C18H19Cl2N5O2/c19-15-2-1-14(11-16(15)20)24-7-9-25(10-8-24)18(27)22-12-17(26)23-13-3-5-21-6-4-13/h1-6,11H,7-10,12H2,(H,22,27)(H,21,23,26). The third kappa shape index (κ3) is 5.24. The highest BCUT2D eigenvalue weighted by Crippen LogP contribution is 2.27. The number of benzene rings is 1. The Balaban J connectivity index is 1.44. The van der Waals surface area contributed by atoms with Gasteiger partial charge in [0.2, 0.25) is 5.91 Å². The molecule has 1 saturated heterocycles. The van der Waals surface area contributed by atoms with E-state index in [1.165, 1.54) is 0 Å². The lowest BCUT2D eigenvalue weighted by Crippen LogP contribution is -2.52. The summed E-state index contributed by atoms with van der Waals surface area (Å²) in [5, 5.41) is 6.37. The molecule has 0 atom stereocenters. The molecule has 142 valence electrons. The fraction of sp³-hybridized carbons (Fsp3) is 0.278. The second-order valence-electron chi connectivity index (χ2n) is 6.02. The van der Waals surface area contributed by atoms with Gasteiger partial charge in [0.25, 0.3) is 0 Å². The van der Waals surface area contributed by atoms with Gasteiger partial charge in [0, 0.05) is 49.9 Å². The van der Waals surface area contributed by atoms with Crippen molar-refractivity contribution in [2.24, 2.45) is 0 Å². The number of carbonyl (C=O) groups excluding carboxylic acids is 2. The average molecular weight is 408 g/mol. The van der Waals surface area contributed by atoms with Crippen LogP contribution in [0, 0.1) is 0 Å². The molecule has 2 N–H and O–H groups in total. The summed E-state index contributed by atoms with van der Waals surface area (Å²) in [5.41, 5.74) is 1.61. The van der Waals surface area contributed by atoms with Crippen LogP contribution < -0.4 is 15.5 Å². The van der Waals surface area contributed by atoms with Crippen LogP contribution in [0.5, 0.6) is 0 Å². The number of carbonyl (C=O) groups is 2. The second-order valence-corrected chi connectivity index (χ2v) is 6.83. The van der Waals surface area contributed by atoms with E-state index in [-0.39, 0.29) is 18.5 Å². The van der Waals surface area contributed by atoms with Crippen LogP contribution in [0.4, 0.5) is 16.2 Å². The Morgan fingerprint density at radius 3 is 2.37 bits per heavy atom. The molecule has 1 aromatic heterocycles. The lowest BCUT2D eigenvalue weighted by atomic mass is 10.2. The minimum absolute atomic E-state index is 0.0891. The summed E-state index contributed by atoms with van der Waals surface area (Å²) in [6.07, 6.45) is 3.17. The minimum atomic E-state index is -0.288. The normalized spacial score (nSPS) is 14.0. The van der Waals surface area contributed by atoms with Crippen LogP contribution in [0.15, 0.2) is 42.7 Å². The maximum absolute atomic E-state index is 12.3. The summed E-state index contributed by atoms with van der Waals surface area (Å²) >= 11 is 12.0. The van der Waals surface area contributed by atoms with Gasteiger partial charge in [0.05, 0.1) is 16.6 Å². The number of hydrogen-bond acceptors (Lipinski definition) is 4. The topological polar surface area (TPSA) is 77.6 Å². The molecule has 1 fully saturated rings. The maximum Gasteiger partial charge on any atom is 0.317 e. The van der Waals surface area contributed by atoms with E-state index in [0.717, 1.165) is 5.69 Å². The van der Waals surface area contributed by atoms with Crippen LogP contribution in [0.2, 0.25) is 10.0 Å². The largest absolute Gasteiger partial charge is 0.368 e. The predicted octanol–water partition coefficient (Wildman–Crippen LogP) is 2.86. The van der Waals surface area contributed by atoms with Crippen molar-refractivity contribution < 1.29 is 9.59 Å². The van der Waals surface area contributed by atoms with Gasteiger partial charge in [-0.15, -0.1) is 0 Å². The van der Waals surface area contributed by atoms with Crippen molar-refractivity contribution in [2.45, 2.75) is 0 Å². The van der Waals surface area contributed by atoms with E-state index in [4.69, 9.17) is 23.2 Å². The number of piperazine rings is 1. The van der Waals surface area contributed by atoms with Crippen LogP contribution in [0.25, 0.3) is 0 Å². The number of rotatable bonds is 4. The maximum atomic E-state index is 12.3. The molecular weight excluding hydrogens is 389 g/mol. The average Bonchev–Trinajstić information content (AvgIpc) is 2.69. The number of aromatic nitrogens is 1. The first-order valence-electron chi connectivity index (χ1n) is 8.45. The zero-order chi connectivity index (χ0) is 19.2. The van der Waals surface area contributed by atoms with Crippen molar-refractivity contribution in [1.82, 2.24) is 15.2 Å². The first kappa shape index (κ1) is 19.3. The lowest BCUT2D eigenvalue weighted by molar-refractivity contribution is -0.115. The molecule has 1 aliphatic rings. The summed E-state index contributed by atoms with van der Waals surface area (Å²) in [6.45, 7) is 2.37. The zero-order valence-electron chi connectivity index (χ0n) is 14.5. The molecule has 0 bridgehead atoms. The molecule has 1 aliphatic heterocycles. The first-order valence-corrected chi connectivity index (χ1v) is 9.21. The molecular formula is C18H19Cl2N5O2. The summed E-state index contributed by atoms with van der Waals surface area (Å²) in [7, 11) is 0. The SMILES string of the molecule is O=C(CNC(=O)N1CCN(c2ccc(Cl)c(Cl)c2)CC1)Nc1ccncc1. The Morgan fingerprint density at radius 1 is 1.00 bits per heavy atom. The van der Waals surface area contributed by atoms with Gasteiger partial charge < -0.3 is 20.4 Å². The molecule has 1 aromatic carbocycles. The fourth-order valence-corrected chi connectivity index (χ4v) is 3.05. The van der Waals surface area contributed by atoms with Gasteiger partial charge in [0.1, 0.15) is 0 Å². The number of hydrogen-bond donors (Lipinski definition) is 2. The Labute approximate surface area is 167 Å². The zero-order valence-corrected chi connectivity index (χ0v) is 16.0. The van der Waals surface area contributed by atoms with Crippen molar-refractivity contribution in [3.05, 3.63) is 52.8 Å². The predicted molar refractivity (Wildman–Crippen MR) is 107 cm³/mol. The van der Waals surface area contributed by atoms with Gasteiger partial charge in [-0.05, 0) is 30.3 Å². The second kappa shape index (κ2) is 8.92. The van der Waals surface area contributed by atoms with Crippen LogP contribution in [-0.2, 0) is 4.79 Å². The van der Waals surface area contributed by atoms with E-state index >= 15 is 0 Å².